The van der Waals surface area contributed by atoms with Gasteiger partial charge in [-0.2, -0.15) is 0 Å². The lowest BCUT2D eigenvalue weighted by Gasteiger charge is -2.32. The van der Waals surface area contributed by atoms with Crippen molar-refractivity contribution in [3.8, 4) is 0 Å². The van der Waals surface area contributed by atoms with Crippen LogP contribution in [-0.4, -0.2) is 36.7 Å². The molecule has 1 heterocycles. The number of ether oxygens (including phenoxy) is 1. The molecule has 1 saturated heterocycles. The average molecular weight is 416 g/mol. The number of halogens is 1. The number of carbonyl (C=O) groups is 1. The minimum Gasteiger partial charge on any atom is -0.377 e. The van der Waals surface area contributed by atoms with Gasteiger partial charge >= 0.3 is 6.03 Å². The number of amides is 2. The van der Waals surface area contributed by atoms with Crippen molar-refractivity contribution in [2.24, 2.45) is 0 Å². The summed E-state index contributed by atoms with van der Waals surface area (Å²) in [5, 5.41) is 6.87. The summed E-state index contributed by atoms with van der Waals surface area (Å²) in [6.45, 7) is 6.61. The highest BCUT2D eigenvalue weighted by Gasteiger charge is 2.20. The zero-order valence-corrected chi connectivity index (χ0v) is 17.8. The second-order valence-electron chi connectivity index (χ2n) is 7.41. The maximum atomic E-state index is 12.3. The highest BCUT2D eigenvalue weighted by molar-refractivity contribution is 6.30. The van der Waals surface area contributed by atoms with Crippen molar-refractivity contribution >= 4 is 17.6 Å². The Labute approximate surface area is 178 Å². The van der Waals surface area contributed by atoms with Gasteiger partial charge in [0.1, 0.15) is 0 Å². The normalized spacial score (nSPS) is 15.2. The Bertz CT molecular complexity index is 774. The van der Waals surface area contributed by atoms with Crippen LogP contribution in [-0.2, 0) is 24.4 Å². The van der Waals surface area contributed by atoms with Crippen LogP contribution in [0, 0.1) is 0 Å². The quantitative estimate of drug-likeness (QED) is 0.674. The van der Waals surface area contributed by atoms with Crippen molar-refractivity contribution in [2.75, 3.05) is 19.7 Å². The lowest BCUT2D eigenvalue weighted by atomic mass is 10.0. The van der Waals surface area contributed by atoms with Crippen LogP contribution >= 0.6 is 11.6 Å². The molecule has 0 aromatic heterocycles. The number of hydrogen-bond acceptors (Lipinski definition) is 3. The lowest BCUT2D eigenvalue weighted by molar-refractivity contribution is 0.133. The molecule has 1 aliphatic rings. The molecule has 1 aliphatic heterocycles. The number of nitrogens with one attached hydrogen (secondary N) is 2. The Kier molecular flexibility index (Phi) is 8.35. The fraction of sp³-hybridized carbons (Fsp3) is 0.435. The van der Waals surface area contributed by atoms with E-state index in [1.165, 1.54) is 5.56 Å². The van der Waals surface area contributed by atoms with Crippen molar-refractivity contribution in [1.29, 1.82) is 0 Å². The summed E-state index contributed by atoms with van der Waals surface area (Å²) in [5.74, 6) is 0. The Morgan fingerprint density at radius 1 is 1.10 bits per heavy atom. The molecule has 2 amide bonds. The minimum absolute atomic E-state index is 0.104. The highest BCUT2D eigenvalue weighted by Crippen LogP contribution is 2.16. The van der Waals surface area contributed by atoms with Gasteiger partial charge in [-0.3, -0.25) is 4.90 Å². The van der Waals surface area contributed by atoms with Crippen molar-refractivity contribution < 1.29 is 9.53 Å². The third-order valence-corrected chi connectivity index (χ3v) is 5.51. The molecule has 5 nitrogen and oxygen atoms in total. The molecule has 1 fully saturated rings. The number of hydrogen-bond donors (Lipinski definition) is 2. The number of likely N-dealkylation sites (tertiary alicyclic amines) is 1. The molecule has 6 heteroatoms. The number of benzene rings is 2. The number of urea groups is 1. The summed E-state index contributed by atoms with van der Waals surface area (Å²) < 4.78 is 5.51. The number of nitrogens with zero attached hydrogens (tertiary/aromatic N) is 1. The summed E-state index contributed by atoms with van der Waals surface area (Å²) in [5.41, 5.74) is 3.48. The maximum Gasteiger partial charge on any atom is 0.315 e. The van der Waals surface area contributed by atoms with Gasteiger partial charge in [-0.25, -0.2) is 4.79 Å². The van der Waals surface area contributed by atoms with Gasteiger partial charge in [-0.1, -0.05) is 48.0 Å². The zero-order chi connectivity index (χ0) is 20.5. The fourth-order valence-electron chi connectivity index (χ4n) is 3.58. The van der Waals surface area contributed by atoms with E-state index in [1.54, 1.807) is 0 Å². The molecule has 0 saturated carbocycles. The standard InChI is InChI=1S/C23H30ClN3O2/c1-2-29-17-20-6-4-3-5-19(20)15-25-23(28)26-22-11-13-27(14-12-22)16-18-7-9-21(24)10-8-18/h3-10,22H,2,11-17H2,1H3,(H2,25,26,28). The number of piperidine rings is 1. The van der Waals surface area contributed by atoms with Gasteiger partial charge in [0.25, 0.3) is 0 Å². The second kappa shape index (κ2) is 11.2. The Morgan fingerprint density at radius 3 is 2.48 bits per heavy atom. The van der Waals surface area contributed by atoms with Gasteiger partial charge in [0.05, 0.1) is 6.61 Å². The molecule has 3 rings (SSSR count). The van der Waals surface area contributed by atoms with E-state index in [2.05, 4.69) is 27.7 Å². The predicted octanol–water partition coefficient (Wildman–Crippen LogP) is 4.34. The van der Waals surface area contributed by atoms with E-state index in [-0.39, 0.29) is 12.1 Å². The summed E-state index contributed by atoms with van der Waals surface area (Å²) in [4.78, 5) is 14.8. The van der Waals surface area contributed by atoms with Crippen LogP contribution in [0.3, 0.4) is 0 Å². The third kappa shape index (κ3) is 7.03. The lowest BCUT2D eigenvalue weighted by Crippen LogP contribution is -2.47. The molecule has 2 aromatic rings. The number of carbonyl (C=O) groups excluding carboxylic acids is 1. The van der Waals surface area contributed by atoms with E-state index in [4.69, 9.17) is 16.3 Å². The Balaban J connectivity index is 1.39. The SMILES string of the molecule is CCOCc1ccccc1CNC(=O)NC1CCN(Cc2ccc(Cl)cc2)CC1. The van der Waals surface area contributed by atoms with Gasteiger partial charge in [-0.15, -0.1) is 0 Å². The average Bonchev–Trinajstić information content (AvgIpc) is 2.74. The predicted molar refractivity (Wildman–Crippen MR) is 117 cm³/mol. The van der Waals surface area contributed by atoms with Gasteiger partial charge in [0.2, 0.25) is 0 Å². The molecule has 0 aliphatic carbocycles. The second-order valence-corrected chi connectivity index (χ2v) is 7.85. The van der Waals surface area contributed by atoms with Crippen molar-refractivity contribution in [3.63, 3.8) is 0 Å². The summed E-state index contributed by atoms with van der Waals surface area (Å²) in [7, 11) is 0. The molecule has 29 heavy (non-hydrogen) atoms. The van der Waals surface area contributed by atoms with Crippen LogP contribution in [0.2, 0.25) is 5.02 Å². The van der Waals surface area contributed by atoms with Crippen LogP contribution in [0.15, 0.2) is 48.5 Å². The van der Waals surface area contributed by atoms with Crippen LogP contribution in [0.5, 0.6) is 0 Å². The van der Waals surface area contributed by atoms with E-state index in [0.29, 0.717) is 19.8 Å². The summed E-state index contributed by atoms with van der Waals surface area (Å²) >= 11 is 5.95. The molecule has 156 valence electrons. The molecule has 0 atom stereocenters. The van der Waals surface area contributed by atoms with Gasteiger partial charge in [-0.05, 0) is 48.6 Å². The van der Waals surface area contributed by atoms with E-state index < -0.39 is 0 Å². The number of rotatable bonds is 8. The first-order valence-electron chi connectivity index (χ1n) is 10.3. The third-order valence-electron chi connectivity index (χ3n) is 5.26. The van der Waals surface area contributed by atoms with Crippen molar-refractivity contribution in [2.45, 2.75) is 45.5 Å². The first-order chi connectivity index (χ1) is 14.1. The van der Waals surface area contributed by atoms with Gasteiger partial charge in [0.15, 0.2) is 0 Å². The van der Waals surface area contributed by atoms with E-state index in [1.807, 2.05) is 43.3 Å². The van der Waals surface area contributed by atoms with Crippen molar-refractivity contribution in [1.82, 2.24) is 15.5 Å². The molecule has 0 bridgehead atoms. The molecule has 0 radical (unpaired) electrons. The smallest absolute Gasteiger partial charge is 0.315 e. The molecule has 0 spiro atoms. The van der Waals surface area contributed by atoms with E-state index >= 15 is 0 Å². The van der Waals surface area contributed by atoms with Gasteiger partial charge in [0, 0.05) is 43.9 Å². The van der Waals surface area contributed by atoms with Gasteiger partial charge < -0.3 is 15.4 Å². The topological polar surface area (TPSA) is 53.6 Å². The van der Waals surface area contributed by atoms with Crippen LogP contribution in [0.4, 0.5) is 4.79 Å². The minimum atomic E-state index is -0.104. The monoisotopic (exact) mass is 415 g/mol. The molecule has 0 unspecified atom stereocenters. The molecule has 2 aromatic carbocycles. The highest BCUT2D eigenvalue weighted by atomic mass is 35.5. The van der Waals surface area contributed by atoms with Crippen LogP contribution < -0.4 is 10.6 Å². The largest absolute Gasteiger partial charge is 0.377 e. The van der Waals surface area contributed by atoms with E-state index in [9.17, 15) is 4.79 Å². The van der Waals surface area contributed by atoms with E-state index in [0.717, 1.165) is 48.6 Å². The van der Waals surface area contributed by atoms with Crippen molar-refractivity contribution in [3.05, 3.63) is 70.2 Å². The van der Waals surface area contributed by atoms with Crippen LogP contribution in [0.1, 0.15) is 36.5 Å². The maximum absolute atomic E-state index is 12.3. The summed E-state index contributed by atoms with van der Waals surface area (Å²) in [6, 6.07) is 16.2. The summed E-state index contributed by atoms with van der Waals surface area (Å²) in [6.07, 6.45) is 1.92. The Morgan fingerprint density at radius 2 is 1.79 bits per heavy atom. The van der Waals surface area contributed by atoms with Crippen LogP contribution in [0.25, 0.3) is 0 Å². The zero-order valence-electron chi connectivity index (χ0n) is 17.0. The molecule has 2 N–H and O–H groups in total. The Hall–Kier alpha value is -2.08. The first kappa shape index (κ1) is 21.6. The first-order valence-corrected chi connectivity index (χ1v) is 10.7. The molecular formula is C23H30ClN3O2. The fourth-order valence-corrected chi connectivity index (χ4v) is 3.70. The molecular weight excluding hydrogens is 386 g/mol.